The monoisotopic (exact) mass is 549 g/mol. The first kappa shape index (κ1) is 30.5. The van der Waals surface area contributed by atoms with Crippen LogP contribution < -0.4 is 0 Å². The summed E-state index contributed by atoms with van der Waals surface area (Å²) < 4.78 is 7.15. The van der Waals surface area contributed by atoms with E-state index in [0.717, 1.165) is 47.3 Å². The molecule has 3 aromatic rings. The Morgan fingerprint density at radius 1 is 0.975 bits per heavy atom. The van der Waals surface area contributed by atoms with Crippen LogP contribution in [0.2, 0.25) is 0 Å². The topological polar surface area (TPSA) is 113 Å². The van der Waals surface area contributed by atoms with Gasteiger partial charge in [-0.05, 0) is 31.0 Å². The zero-order valence-electron chi connectivity index (χ0n) is 23.5. The fourth-order valence-corrected chi connectivity index (χ4v) is 4.89. The predicted molar refractivity (Wildman–Crippen MR) is 157 cm³/mol. The summed E-state index contributed by atoms with van der Waals surface area (Å²) in [7, 11) is 0. The molecule has 0 bridgehead atoms. The smallest absolute Gasteiger partial charge is 0.331 e. The van der Waals surface area contributed by atoms with Gasteiger partial charge >= 0.3 is 11.9 Å². The van der Waals surface area contributed by atoms with Gasteiger partial charge in [-0.2, -0.15) is 0 Å². The Balaban J connectivity index is 1.86. The number of benzene rings is 2. The van der Waals surface area contributed by atoms with E-state index in [4.69, 9.17) is 9.57 Å². The number of carbonyl (C=O) groups excluding carboxylic acids is 2. The Bertz CT molecular complexity index is 1370. The molecule has 2 aromatic carbocycles. The molecule has 0 radical (unpaired) electrons. The Morgan fingerprint density at radius 2 is 1.60 bits per heavy atom. The summed E-state index contributed by atoms with van der Waals surface area (Å²) in [5.74, 6) is -1.01. The second kappa shape index (κ2) is 15.5. The first-order valence-electron chi connectivity index (χ1n) is 14.1. The molecule has 0 spiro atoms. The van der Waals surface area contributed by atoms with Crippen LogP contribution in [-0.2, 0) is 25.7 Å². The van der Waals surface area contributed by atoms with Crippen molar-refractivity contribution in [2.75, 3.05) is 6.61 Å². The third-order valence-corrected chi connectivity index (χ3v) is 6.92. The van der Waals surface area contributed by atoms with Crippen LogP contribution in [0.4, 0.5) is 5.69 Å². The third kappa shape index (κ3) is 8.49. The van der Waals surface area contributed by atoms with Gasteiger partial charge in [0, 0.05) is 52.5 Å². The molecule has 9 nitrogen and oxygen atoms in total. The highest BCUT2D eigenvalue weighted by Crippen LogP contribution is 2.33. The van der Waals surface area contributed by atoms with Crippen LogP contribution in [0.15, 0.2) is 54.2 Å². The molecule has 0 N–H and O–H groups in total. The molecule has 0 aliphatic carbocycles. The van der Waals surface area contributed by atoms with Gasteiger partial charge in [-0.3, -0.25) is 10.1 Å². The summed E-state index contributed by atoms with van der Waals surface area (Å²) in [6, 6.07) is 10.5. The number of carbonyl (C=O) groups is 2. The van der Waals surface area contributed by atoms with E-state index in [0.29, 0.717) is 24.1 Å². The second-order valence-corrected chi connectivity index (χ2v) is 9.91. The van der Waals surface area contributed by atoms with Crippen molar-refractivity contribution < 1.29 is 24.1 Å². The van der Waals surface area contributed by atoms with E-state index in [2.05, 4.69) is 18.7 Å². The first-order chi connectivity index (χ1) is 19.3. The minimum Gasteiger partial charge on any atom is -0.461 e. The fourth-order valence-electron chi connectivity index (χ4n) is 4.89. The first-order valence-corrected chi connectivity index (χ1v) is 14.1. The molecule has 0 unspecified atom stereocenters. The van der Waals surface area contributed by atoms with Crippen molar-refractivity contribution in [3.8, 4) is 0 Å². The summed E-state index contributed by atoms with van der Waals surface area (Å²) in [5, 5.41) is 17.2. The number of esters is 1. The van der Waals surface area contributed by atoms with Gasteiger partial charge in [-0.25, -0.2) is 9.59 Å². The number of non-ortho nitro benzene ring substituents is 1. The van der Waals surface area contributed by atoms with Crippen molar-refractivity contribution in [3.05, 3.63) is 64.7 Å². The highest BCUT2D eigenvalue weighted by molar-refractivity contribution is 6.12. The quantitative estimate of drug-likeness (QED) is 0.0325. The molecule has 0 aliphatic rings. The molecule has 0 saturated heterocycles. The number of rotatable bonds is 17. The molecule has 214 valence electrons. The van der Waals surface area contributed by atoms with Crippen LogP contribution in [0.3, 0.4) is 0 Å². The number of hydrogen-bond acceptors (Lipinski definition) is 7. The molecule has 3 rings (SSSR count). The van der Waals surface area contributed by atoms with Crippen LogP contribution >= 0.6 is 0 Å². The van der Waals surface area contributed by atoms with Crippen LogP contribution in [0, 0.1) is 10.1 Å². The zero-order valence-corrected chi connectivity index (χ0v) is 23.5. The van der Waals surface area contributed by atoms with Crippen molar-refractivity contribution in [2.24, 2.45) is 5.16 Å². The van der Waals surface area contributed by atoms with Gasteiger partial charge in [0.05, 0.1) is 17.2 Å². The van der Waals surface area contributed by atoms with Crippen LogP contribution in [0.25, 0.3) is 21.8 Å². The Kier molecular flexibility index (Phi) is 11.9. The number of nitro groups is 1. The molecule has 1 heterocycles. The van der Waals surface area contributed by atoms with Crippen molar-refractivity contribution in [2.45, 2.75) is 84.6 Å². The lowest BCUT2D eigenvalue weighted by molar-refractivity contribution is -0.384. The van der Waals surface area contributed by atoms with Crippen molar-refractivity contribution in [3.63, 3.8) is 0 Å². The van der Waals surface area contributed by atoms with Crippen molar-refractivity contribution in [1.29, 1.82) is 0 Å². The maximum absolute atomic E-state index is 11.5. The molecule has 0 saturated carbocycles. The van der Waals surface area contributed by atoms with E-state index in [-0.39, 0.29) is 12.3 Å². The number of fused-ring (bicyclic) bond motifs is 3. The van der Waals surface area contributed by atoms with Gasteiger partial charge < -0.3 is 14.1 Å². The van der Waals surface area contributed by atoms with Crippen LogP contribution in [0.5, 0.6) is 0 Å². The van der Waals surface area contributed by atoms with E-state index in [1.807, 2.05) is 22.8 Å². The van der Waals surface area contributed by atoms with Gasteiger partial charge in [-0.1, -0.05) is 76.1 Å². The molecular weight excluding hydrogens is 510 g/mol. The molecule has 0 amide bonds. The highest BCUT2D eigenvalue weighted by atomic mass is 16.7. The molecule has 9 heteroatoms. The SMILES string of the molecule is C=CC(=O)OCCn1c2ccc(/C(CCCCCCCCCCC)=N/OC(C)=O)cc2c2cc([N+](=O)[O-])ccc21. The zero-order chi connectivity index (χ0) is 28.9. The molecule has 0 atom stereocenters. The Hall–Kier alpha value is -4.01. The van der Waals surface area contributed by atoms with Gasteiger partial charge in [0.2, 0.25) is 0 Å². The fraction of sp³-hybridized carbons (Fsp3) is 0.452. The van der Waals surface area contributed by atoms with E-state index in [9.17, 15) is 19.7 Å². The Morgan fingerprint density at radius 3 is 2.23 bits per heavy atom. The van der Waals surface area contributed by atoms with Crippen molar-refractivity contribution >= 4 is 45.1 Å². The third-order valence-electron chi connectivity index (χ3n) is 6.92. The van der Waals surface area contributed by atoms with Crippen LogP contribution in [-0.4, -0.2) is 33.7 Å². The minimum atomic E-state index is -0.512. The second-order valence-electron chi connectivity index (χ2n) is 9.91. The number of hydrogen-bond donors (Lipinski definition) is 0. The number of aromatic nitrogens is 1. The standard InChI is InChI=1S/C31H39N3O6/c1-4-6-7-8-9-10-11-12-13-14-28(32-40-23(3)35)24-15-17-29-26(21-24)27-22-25(34(37)38)16-18-30(27)33(29)19-20-39-31(36)5-2/h5,15-18,21-22H,2,4,6-14,19-20H2,1,3H3/b32-28+. The molecular formula is C31H39N3O6. The lowest BCUT2D eigenvalue weighted by atomic mass is 10.0. The number of nitro benzene ring substituents is 1. The average molecular weight is 550 g/mol. The minimum absolute atomic E-state index is 0.0152. The maximum Gasteiger partial charge on any atom is 0.331 e. The molecule has 1 aromatic heterocycles. The average Bonchev–Trinajstić information content (AvgIpc) is 3.25. The normalized spacial score (nSPS) is 11.6. The number of ether oxygens (including phenoxy) is 1. The lowest BCUT2D eigenvalue weighted by Crippen LogP contribution is -2.09. The van der Waals surface area contributed by atoms with Gasteiger partial charge in [0.15, 0.2) is 0 Å². The Labute approximate surface area is 235 Å². The summed E-state index contributed by atoms with van der Waals surface area (Å²) in [4.78, 5) is 39.2. The van der Waals surface area contributed by atoms with Gasteiger partial charge in [-0.15, -0.1) is 0 Å². The summed E-state index contributed by atoms with van der Waals surface area (Å²) in [6.45, 7) is 7.44. The molecule has 40 heavy (non-hydrogen) atoms. The maximum atomic E-state index is 11.5. The molecule has 0 fully saturated rings. The highest BCUT2D eigenvalue weighted by Gasteiger charge is 2.17. The van der Waals surface area contributed by atoms with Crippen molar-refractivity contribution in [1.82, 2.24) is 4.57 Å². The molecule has 0 aliphatic heterocycles. The number of unbranched alkanes of at least 4 members (excludes halogenated alkanes) is 8. The largest absolute Gasteiger partial charge is 0.461 e. The summed E-state index contributed by atoms with van der Waals surface area (Å²) in [5.41, 5.74) is 3.05. The lowest BCUT2D eigenvalue weighted by Gasteiger charge is -2.09. The van der Waals surface area contributed by atoms with E-state index in [1.165, 1.54) is 51.5 Å². The van der Waals surface area contributed by atoms with E-state index >= 15 is 0 Å². The van der Waals surface area contributed by atoms with Gasteiger partial charge in [0.25, 0.3) is 5.69 Å². The predicted octanol–water partition coefficient (Wildman–Crippen LogP) is 7.62. The summed E-state index contributed by atoms with van der Waals surface area (Å²) >= 11 is 0. The van der Waals surface area contributed by atoms with Crippen LogP contribution in [0.1, 0.15) is 83.6 Å². The summed E-state index contributed by atoms with van der Waals surface area (Å²) in [6.07, 6.45) is 12.5. The number of nitrogens with zero attached hydrogens (tertiary/aromatic N) is 3. The van der Waals surface area contributed by atoms with E-state index < -0.39 is 16.9 Å². The van der Waals surface area contributed by atoms with E-state index in [1.54, 1.807) is 12.1 Å². The van der Waals surface area contributed by atoms with Gasteiger partial charge in [0.1, 0.15) is 6.61 Å². The number of oxime groups is 1.